The first-order chi connectivity index (χ1) is 16.2. The second-order valence-corrected chi connectivity index (χ2v) is 7.73. The van der Waals surface area contributed by atoms with Crippen molar-refractivity contribution < 1.29 is 14.3 Å². The summed E-state index contributed by atoms with van der Waals surface area (Å²) in [4.78, 5) is 37.5. The molecule has 8 heteroatoms. The van der Waals surface area contributed by atoms with Crippen LogP contribution in [0, 0.1) is 0 Å². The van der Waals surface area contributed by atoms with Gasteiger partial charge in [0.2, 0.25) is 6.17 Å². The van der Waals surface area contributed by atoms with Crippen LogP contribution >= 0.6 is 0 Å². The molecule has 3 aromatic rings. The number of aliphatic imine (C=N–C) groups is 1. The number of morpholine rings is 1. The average Bonchev–Trinajstić information content (AvgIpc) is 3.01. The van der Waals surface area contributed by atoms with Crippen LogP contribution in [0.15, 0.2) is 77.9 Å². The minimum absolute atomic E-state index is 0.394. The van der Waals surface area contributed by atoms with Gasteiger partial charge in [-0.1, -0.05) is 48.5 Å². The normalized spacial score (nSPS) is 17.9. The fourth-order valence-electron chi connectivity index (χ4n) is 3.98. The first-order valence-electron chi connectivity index (χ1n) is 10.8. The molecule has 33 heavy (non-hydrogen) atoms. The van der Waals surface area contributed by atoms with Crippen LogP contribution in [0.2, 0.25) is 0 Å². The van der Waals surface area contributed by atoms with E-state index in [1.165, 1.54) is 0 Å². The molecular weight excluding hydrogens is 418 g/mol. The van der Waals surface area contributed by atoms with E-state index in [1.807, 2.05) is 59.5 Å². The molecule has 3 heterocycles. The van der Waals surface area contributed by atoms with Gasteiger partial charge in [-0.25, -0.2) is 9.98 Å². The molecule has 0 radical (unpaired) electrons. The largest absolute Gasteiger partial charge is 0.378 e. The third kappa shape index (κ3) is 4.33. The highest BCUT2D eigenvalue weighted by Crippen LogP contribution is 2.24. The Balaban J connectivity index is 1.49. The van der Waals surface area contributed by atoms with Gasteiger partial charge in [-0.2, -0.15) is 0 Å². The van der Waals surface area contributed by atoms with Crippen molar-refractivity contribution in [3.05, 3.63) is 89.6 Å². The SMILES string of the molecule is O=C(N[C@H]1N=C(c2ccccc2)c2ccccc2NC1=O)c1cccnc1N1CCOCC1. The molecule has 8 nitrogen and oxygen atoms in total. The van der Waals surface area contributed by atoms with E-state index in [0.29, 0.717) is 49.1 Å². The number of fused-ring (bicyclic) bond motifs is 1. The summed E-state index contributed by atoms with van der Waals surface area (Å²) in [6, 6.07) is 20.5. The van der Waals surface area contributed by atoms with Gasteiger partial charge in [-0.15, -0.1) is 0 Å². The molecule has 0 saturated carbocycles. The van der Waals surface area contributed by atoms with E-state index >= 15 is 0 Å². The van der Waals surface area contributed by atoms with E-state index < -0.39 is 18.0 Å². The minimum Gasteiger partial charge on any atom is -0.378 e. The number of carbonyl (C=O) groups excluding carboxylic acids is 2. The standard InChI is InChI=1S/C25H23N5O3/c31-24(19-10-6-12-26-23(19)30-13-15-33-16-14-30)29-22-25(32)27-20-11-5-4-9-18(20)21(28-22)17-7-2-1-3-8-17/h1-12,22H,13-16H2,(H,27,32)(H,29,31)/t22-/m1/s1. The number of aromatic nitrogens is 1. The number of nitrogens with zero attached hydrogens (tertiary/aromatic N) is 3. The number of benzodiazepines with no additional fused rings is 1. The van der Waals surface area contributed by atoms with Crippen molar-refractivity contribution in [2.75, 3.05) is 36.5 Å². The molecule has 0 aliphatic carbocycles. The summed E-state index contributed by atoms with van der Waals surface area (Å²) in [5.74, 6) is -0.242. The highest BCUT2D eigenvalue weighted by Gasteiger charge is 2.29. The molecular formula is C25H23N5O3. The lowest BCUT2D eigenvalue weighted by Crippen LogP contribution is -2.43. The number of carbonyl (C=O) groups is 2. The number of benzene rings is 2. The van der Waals surface area contributed by atoms with Crippen molar-refractivity contribution in [2.45, 2.75) is 6.17 Å². The van der Waals surface area contributed by atoms with Crippen LogP contribution in [-0.2, 0) is 9.53 Å². The van der Waals surface area contributed by atoms with Gasteiger partial charge in [-0.05, 0) is 18.2 Å². The number of rotatable bonds is 4. The third-order valence-corrected chi connectivity index (χ3v) is 5.60. The van der Waals surface area contributed by atoms with Crippen molar-refractivity contribution in [3.63, 3.8) is 0 Å². The fourth-order valence-corrected chi connectivity index (χ4v) is 3.98. The van der Waals surface area contributed by atoms with E-state index in [-0.39, 0.29) is 0 Å². The molecule has 0 unspecified atom stereocenters. The van der Waals surface area contributed by atoms with Crippen LogP contribution in [-0.4, -0.2) is 55.0 Å². The summed E-state index contributed by atoms with van der Waals surface area (Å²) >= 11 is 0. The van der Waals surface area contributed by atoms with Crippen LogP contribution in [0.1, 0.15) is 21.5 Å². The maximum Gasteiger partial charge on any atom is 0.269 e. The minimum atomic E-state index is -1.10. The Labute approximate surface area is 191 Å². The molecule has 0 bridgehead atoms. The van der Waals surface area contributed by atoms with Crippen molar-refractivity contribution in [2.24, 2.45) is 4.99 Å². The number of hydrogen-bond donors (Lipinski definition) is 2. The Hall–Kier alpha value is -4.04. The molecule has 0 spiro atoms. The Bertz CT molecular complexity index is 1210. The first-order valence-corrected chi connectivity index (χ1v) is 10.8. The number of anilines is 2. The van der Waals surface area contributed by atoms with E-state index in [0.717, 1.165) is 11.1 Å². The van der Waals surface area contributed by atoms with E-state index in [2.05, 4.69) is 15.6 Å². The second kappa shape index (κ2) is 9.22. The number of pyridine rings is 1. The van der Waals surface area contributed by atoms with Crippen LogP contribution in [0.25, 0.3) is 0 Å². The highest BCUT2D eigenvalue weighted by molar-refractivity contribution is 6.20. The lowest BCUT2D eigenvalue weighted by atomic mass is 10.0. The Morgan fingerprint density at radius 1 is 1.00 bits per heavy atom. The fraction of sp³-hybridized carbons (Fsp3) is 0.200. The molecule has 1 fully saturated rings. The Morgan fingerprint density at radius 3 is 2.58 bits per heavy atom. The van der Waals surface area contributed by atoms with Crippen LogP contribution in [0.3, 0.4) is 0 Å². The lowest BCUT2D eigenvalue weighted by molar-refractivity contribution is -0.117. The smallest absolute Gasteiger partial charge is 0.269 e. The number of amides is 2. The summed E-state index contributed by atoms with van der Waals surface area (Å²) < 4.78 is 5.41. The molecule has 5 rings (SSSR count). The Kier molecular flexibility index (Phi) is 5.82. The molecule has 2 aromatic carbocycles. The zero-order chi connectivity index (χ0) is 22.6. The maximum absolute atomic E-state index is 13.3. The summed E-state index contributed by atoms with van der Waals surface area (Å²) in [5.41, 5.74) is 3.33. The predicted octanol–water partition coefficient (Wildman–Crippen LogP) is 2.46. The highest BCUT2D eigenvalue weighted by atomic mass is 16.5. The zero-order valence-corrected chi connectivity index (χ0v) is 17.9. The van der Waals surface area contributed by atoms with Crippen LogP contribution < -0.4 is 15.5 Å². The van der Waals surface area contributed by atoms with Crippen molar-refractivity contribution in [3.8, 4) is 0 Å². The summed E-state index contributed by atoms with van der Waals surface area (Å²) in [7, 11) is 0. The lowest BCUT2D eigenvalue weighted by Gasteiger charge is -2.29. The topological polar surface area (TPSA) is 95.9 Å². The molecule has 1 aromatic heterocycles. The molecule has 2 amide bonds. The van der Waals surface area contributed by atoms with E-state index in [9.17, 15) is 9.59 Å². The molecule has 1 saturated heterocycles. The Morgan fingerprint density at radius 2 is 1.76 bits per heavy atom. The molecule has 2 N–H and O–H groups in total. The molecule has 166 valence electrons. The van der Waals surface area contributed by atoms with Crippen molar-refractivity contribution in [1.29, 1.82) is 0 Å². The predicted molar refractivity (Wildman–Crippen MR) is 126 cm³/mol. The first kappa shape index (κ1) is 20.8. The van der Waals surface area contributed by atoms with E-state index in [1.54, 1.807) is 18.3 Å². The van der Waals surface area contributed by atoms with Gasteiger partial charge in [0, 0.05) is 30.4 Å². The number of nitrogens with one attached hydrogen (secondary N) is 2. The monoisotopic (exact) mass is 441 g/mol. The van der Waals surface area contributed by atoms with Gasteiger partial charge >= 0.3 is 0 Å². The molecule has 1 atom stereocenters. The van der Waals surface area contributed by atoms with E-state index in [4.69, 9.17) is 9.73 Å². The van der Waals surface area contributed by atoms with Gasteiger partial charge in [0.05, 0.1) is 30.2 Å². The summed E-state index contributed by atoms with van der Waals surface area (Å²) in [5, 5.41) is 5.70. The van der Waals surface area contributed by atoms with Crippen LogP contribution in [0.4, 0.5) is 11.5 Å². The maximum atomic E-state index is 13.3. The van der Waals surface area contributed by atoms with Crippen molar-refractivity contribution >= 4 is 29.0 Å². The summed E-state index contributed by atoms with van der Waals surface area (Å²) in [6.45, 7) is 2.44. The van der Waals surface area contributed by atoms with Crippen LogP contribution in [0.5, 0.6) is 0 Å². The number of hydrogen-bond acceptors (Lipinski definition) is 6. The quantitative estimate of drug-likeness (QED) is 0.649. The van der Waals surface area contributed by atoms with Gasteiger partial charge < -0.3 is 20.3 Å². The third-order valence-electron chi connectivity index (χ3n) is 5.60. The van der Waals surface area contributed by atoms with Gasteiger partial charge in [0.15, 0.2) is 0 Å². The number of para-hydroxylation sites is 1. The molecule has 2 aliphatic rings. The second-order valence-electron chi connectivity index (χ2n) is 7.73. The summed E-state index contributed by atoms with van der Waals surface area (Å²) in [6.07, 6.45) is 0.556. The van der Waals surface area contributed by atoms with Gasteiger partial charge in [0.25, 0.3) is 11.8 Å². The van der Waals surface area contributed by atoms with Gasteiger partial charge in [0.1, 0.15) is 5.82 Å². The van der Waals surface area contributed by atoms with Crippen molar-refractivity contribution in [1.82, 2.24) is 10.3 Å². The number of ether oxygens (including phenoxy) is 1. The molecule has 2 aliphatic heterocycles. The zero-order valence-electron chi connectivity index (χ0n) is 17.9. The average molecular weight is 441 g/mol. The van der Waals surface area contributed by atoms with Gasteiger partial charge in [-0.3, -0.25) is 9.59 Å².